The summed E-state index contributed by atoms with van der Waals surface area (Å²) in [6.07, 6.45) is 1.67. The Balaban J connectivity index is 2.61. The van der Waals surface area contributed by atoms with Crippen LogP contribution >= 0.6 is 0 Å². The predicted octanol–water partition coefficient (Wildman–Crippen LogP) is 1.33. The van der Waals surface area contributed by atoms with Crippen molar-refractivity contribution in [1.29, 1.82) is 0 Å². The minimum Gasteiger partial charge on any atom is -0.453 e. The Hall–Kier alpha value is -1.03. The third kappa shape index (κ3) is 2.72. The Bertz CT molecular complexity index is 243. The highest BCUT2D eigenvalue weighted by atomic mass is 16.5. The van der Waals surface area contributed by atoms with Crippen LogP contribution in [0.15, 0.2) is 12.7 Å². The van der Waals surface area contributed by atoms with Gasteiger partial charge in [-0.05, 0) is 13.8 Å². The van der Waals surface area contributed by atoms with Gasteiger partial charge in [0.1, 0.15) is 0 Å². The lowest BCUT2D eigenvalue weighted by Crippen LogP contribution is -2.57. The van der Waals surface area contributed by atoms with Crippen LogP contribution in [0, 0.1) is 0 Å². The minimum atomic E-state index is -0.229. The number of carbonyl (C=O) groups is 1. The molecule has 15 heavy (non-hydrogen) atoms. The zero-order chi connectivity index (χ0) is 11.4. The first-order valence-corrected chi connectivity index (χ1v) is 5.29. The van der Waals surface area contributed by atoms with E-state index in [1.54, 1.807) is 4.90 Å². The molecule has 2 atom stereocenters. The molecule has 0 spiro atoms. The predicted molar refractivity (Wildman–Crippen MR) is 59.8 cm³/mol. The number of nitrogens with zero attached hydrogens (tertiary/aromatic N) is 2. The highest BCUT2D eigenvalue weighted by Gasteiger charge is 2.31. The van der Waals surface area contributed by atoms with Gasteiger partial charge in [0, 0.05) is 31.7 Å². The summed E-state index contributed by atoms with van der Waals surface area (Å²) in [5.74, 6) is 0. The Morgan fingerprint density at radius 1 is 1.47 bits per heavy atom. The van der Waals surface area contributed by atoms with Crippen molar-refractivity contribution in [3.8, 4) is 0 Å². The summed E-state index contributed by atoms with van der Waals surface area (Å²) in [6, 6.07) is 0.562. The van der Waals surface area contributed by atoms with Crippen LogP contribution in [-0.2, 0) is 4.74 Å². The maximum atomic E-state index is 11.5. The second-order valence-electron chi connectivity index (χ2n) is 4.06. The summed E-state index contributed by atoms with van der Waals surface area (Å²) in [5.41, 5.74) is 0. The molecule has 86 valence electrons. The van der Waals surface area contributed by atoms with Gasteiger partial charge in [0.05, 0.1) is 7.11 Å². The Morgan fingerprint density at radius 2 is 2.13 bits per heavy atom. The van der Waals surface area contributed by atoms with E-state index in [4.69, 9.17) is 4.74 Å². The fourth-order valence-corrected chi connectivity index (χ4v) is 1.99. The van der Waals surface area contributed by atoms with Crippen LogP contribution in [0.4, 0.5) is 4.79 Å². The molecule has 0 aromatic heterocycles. The molecule has 0 bridgehead atoms. The van der Waals surface area contributed by atoms with Crippen molar-refractivity contribution < 1.29 is 9.53 Å². The molecule has 1 amide bonds. The van der Waals surface area contributed by atoms with E-state index >= 15 is 0 Å². The normalized spacial score (nSPS) is 27.5. The average Bonchev–Trinajstić information content (AvgIpc) is 2.22. The molecule has 0 aromatic carbocycles. The number of amides is 1. The lowest BCUT2D eigenvalue weighted by atomic mass is 10.1. The van der Waals surface area contributed by atoms with Crippen molar-refractivity contribution in [2.75, 3.05) is 26.7 Å². The molecule has 0 aliphatic carbocycles. The van der Waals surface area contributed by atoms with Crippen LogP contribution in [0.1, 0.15) is 13.8 Å². The monoisotopic (exact) mass is 212 g/mol. The van der Waals surface area contributed by atoms with Crippen molar-refractivity contribution in [2.24, 2.45) is 0 Å². The van der Waals surface area contributed by atoms with Crippen molar-refractivity contribution in [2.45, 2.75) is 25.9 Å². The van der Waals surface area contributed by atoms with E-state index < -0.39 is 0 Å². The highest BCUT2D eigenvalue weighted by molar-refractivity contribution is 5.68. The maximum Gasteiger partial charge on any atom is 0.409 e. The summed E-state index contributed by atoms with van der Waals surface area (Å²) in [5, 5.41) is 0. The zero-order valence-electron chi connectivity index (χ0n) is 9.77. The Kier molecular flexibility index (Phi) is 4.15. The largest absolute Gasteiger partial charge is 0.453 e. The van der Waals surface area contributed by atoms with Crippen LogP contribution in [0.2, 0.25) is 0 Å². The fraction of sp³-hybridized carbons (Fsp3) is 0.727. The number of piperazine rings is 1. The first kappa shape index (κ1) is 12.0. The Labute approximate surface area is 91.5 Å². The lowest BCUT2D eigenvalue weighted by molar-refractivity contribution is 0.0416. The summed E-state index contributed by atoms with van der Waals surface area (Å²) in [7, 11) is 1.43. The van der Waals surface area contributed by atoms with E-state index in [1.807, 2.05) is 13.0 Å². The quantitative estimate of drug-likeness (QED) is 0.647. The van der Waals surface area contributed by atoms with Gasteiger partial charge in [-0.25, -0.2) is 4.79 Å². The highest BCUT2D eigenvalue weighted by Crippen LogP contribution is 2.15. The first-order chi connectivity index (χ1) is 7.10. The van der Waals surface area contributed by atoms with Gasteiger partial charge in [0.25, 0.3) is 0 Å². The zero-order valence-corrected chi connectivity index (χ0v) is 9.77. The second kappa shape index (κ2) is 5.16. The number of ether oxygens (including phenoxy) is 1. The fourth-order valence-electron chi connectivity index (χ4n) is 1.99. The smallest absolute Gasteiger partial charge is 0.409 e. The summed E-state index contributed by atoms with van der Waals surface area (Å²) in [4.78, 5) is 15.6. The van der Waals surface area contributed by atoms with E-state index in [9.17, 15) is 4.79 Å². The van der Waals surface area contributed by atoms with Crippen molar-refractivity contribution in [3.05, 3.63) is 12.7 Å². The SMILES string of the molecule is C=CCN1C[C@H](C)N(C(=O)OC)C[C@H]1C. The number of hydrogen-bond donors (Lipinski definition) is 0. The standard InChI is InChI=1S/C11H20N2O2/c1-5-6-12-7-10(3)13(8-9(12)2)11(14)15-4/h5,9-10H,1,6-8H2,2-4H3/t9-,10+/m1/s1. The lowest BCUT2D eigenvalue weighted by Gasteiger charge is -2.42. The van der Waals surface area contributed by atoms with Crippen molar-refractivity contribution >= 4 is 6.09 Å². The molecular formula is C11H20N2O2. The summed E-state index contributed by atoms with van der Waals surface area (Å²) in [6.45, 7) is 10.4. The minimum absolute atomic E-state index is 0.202. The van der Waals surface area contributed by atoms with Gasteiger partial charge >= 0.3 is 6.09 Å². The molecule has 1 saturated heterocycles. The summed E-state index contributed by atoms with van der Waals surface area (Å²) >= 11 is 0. The average molecular weight is 212 g/mol. The molecule has 0 unspecified atom stereocenters. The van der Waals surface area contributed by atoms with Gasteiger partial charge in [-0.3, -0.25) is 4.90 Å². The van der Waals surface area contributed by atoms with Crippen LogP contribution in [0.25, 0.3) is 0 Å². The molecule has 0 aromatic rings. The maximum absolute atomic E-state index is 11.5. The third-order valence-electron chi connectivity index (χ3n) is 2.89. The van der Waals surface area contributed by atoms with Crippen molar-refractivity contribution in [3.63, 3.8) is 0 Å². The van der Waals surface area contributed by atoms with E-state index in [0.29, 0.717) is 6.04 Å². The molecule has 1 rings (SSSR count). The van der Waals surface area contributed by atoms with Gasteiger partial charge in [0.2, 0.25) is 0 Å². The molecule has 0 radical (unpaired) electrons. The van der Waals surface area contributed by atoms with Gasteiger partial charge in [0.15, 0.2) is 0 Å². The third-order valence-corrected chi connectivity index (χ3v) is 2.89. The number of rotatable bonds is 2. The van der Waals surface area contributed by atoms with Crippen LogP contribution in [-0.4, -0.2) is 54.7 Å². The number of carbonyl (C=O) groups excluding carboxylic acids is 1. The summed E-state index contributed by atoms with van der Waals surface area (Å²) < 4.78 is 4.75. The second-order valence-corrected chi connectivity index (χ2v) is 4.06. The molecule has 1 aliphatic rings. The number of methoxy groups -OCH3 is 1. The van der Waals surface area contributed by atoms with E-state index in [0.717, 1.165) is 19.6 Å². The number of hydrogen-bond acceptors (Lipinski definition) is 3. The molecule has 1 heterocycles. The van der Waals surface area contributed by atoms with E-state index in [1.165, 1.54) is 7.11 Å². The van der Waals surface area contributed by atoms with E-state index in [-0.39, 0.29) is 12.1 Å². The van der Waals surface area contributed by atoms with E-state index in [2.05, 4.69) is 18.4 Å². The first-order valence-electron chi connectivity index (χ1n) is 5.29. The van der Waals surface area contributed by atoms with Gasteiger partial charge in [-0.15, -0.1) is 6.58 Å². The Morgan fingerprint density at radius 3 is 2.67 bits per heavy atom. The van der Waals surface area contributed by atoms with Crippen LogP contribution in [0.3, 0.4) is 0 Å². The molecule has 0 saturated carbocycles. The molecular weight excluding hydrogens is 192 g/mol. The molecule has 1 fully saturated rings. The molecule has 0 N–H and O–H groups in total. The molecule has 4 heteroatoms. The molecule has 1 aliphatic heterocycles. The van der Waals surface area contributed by atoms with Gasteiger partial charge in [-0.1, -0.05) is 6.08 Å². The van der Waals surface area contributed by atoms with Crippen LogP contribution < -0.4 is 0 Å². The topological polar surface area (TPSA) is 32.8 Å². The van der Waals surface area contributed by atoms with Gasteiger partial charge < -0.3 is 9.64 Å². The van der Waals surface area contributed by atoms with Gasteiger partial charge in [-0.2, -0.15) is 0 Å². The van der Waals surface area contributed by atoms with Crippen LogP contribution in [0.5, 0.6) is 0 Å². The van der Waals surface area contributed by atoms with Crippen molar-refractivity contribution in [1.82, 2.24) is 9.80 Å². The molecule has 4 nitrogen and oxygen atoms in total.